The molecule has 0 aliphatic carbocycles. The number of hydrogen-bond acceptors (Lipinski definition) is 9. The van der Waals surface area contributed by atoms with E-state index in [1.165, 1.54) is 13.4 Å². The van der Waals surface area contributed by atoms with Gasteiger partial charge < -0.3 is 24.3 Å². The first kappa shape index (κ1) is 23.3. The summed E-state index contributed by atoms with van der Waals surface area (Å²) in [5, 5.41) is 0. The second-order valence-electron chi connectivity index (χ2n) is 7.62. The molecular weight excluding hydrogens is 447 g/mol. The molecule has 11 nitrogen and oxygen atoms in total. The van der Waals surface area contributed by atoms with Crippen molar-refractivity contribution < 1.29 is 23.4 Å². The van der Waals surface area contributed by atoms with E-state index >= 15 is 0 Å². The molecule has 2 aromatic heterocycles. The predicted octanol–water partition coefficient (Wildman–Crippen LogP) is 2.08. The minimum absolute atomic E-state index is 0.140. The third-order valence-electron chi connectivity index (χ3n) is 5.48. The zero-order valence-corrected chi connectivity index (χ0v) is 19.3. The molecule has 2 N–H and O–H groups in total. The Bertz CT molecular complexity index is 1140. The van der Waals surface area contributed by atoms with Crippen molar-refractivity contribution in [3.8, 4) is 0 Å². The number of imidazole rings is 1. The van der Waals surface area contributed by atoms with Gasteiger partial charge in [0.2, 0.25) is 0 Å². The highest BCUT2D eigenvalue weighted by molar-refractivity contribution is 7.56. The molecule has 4 rings (SSSR count). The van der Waals surface area contributed by atoms with E-state index in [0.29, 0.717) is 49.5 Å². The van der Waals surface area contributed by atoms with Crippen molar-refractivity contribution in [2.24, 2.45) is 0 Å². The van der Waals surface area contributed by atoms with Crippen molar-refractivity contribution in [1.29, 1.82) is 0 Å². The Labute approximate surface area is 191 Å². The largest absolute Gasteiger partial charge is 0.468 e. The van der Waals surface area contributed by atoms with Gasteiger partial charge in [-0.3, -0.25) is 9.36 Å². The number of benzene rings is 1. The van der Waals surface area contributed by atoms with Crippen molar-refractivity contribution in [1.82, 2.24) is 24.2 Å². The Morgan fingerprint density at radius 3 is 2.88 bits per heavy atom. The van der Waals surface area contributed by atoms with Gasteiger partial charge in [0.25, 0.3) is 7.52 Å². The Morgan fingerprint density at radius 2 is 2.09 bits per heavy atom. The topological polar surface area (TPSA) is 135 Å². The van der Waals surface area contributed by atoms with Gasteiger partial charge in [0.15, 0.2) is 11.5 Å². The van der Waals surface area contributed by atoms with Crippen LogP contribution in [0.1, 0.15) is 12.0 Å². The molecule has 1 saturated heterocycles. The molecule has 0 spiro atoms. The lowest BCUT2D eigenvalue weighted by molar-refractivity contribution is -0.145. The highest BCUT2D eigenvalue weighted by Gasteiger charge is 2.43. The molecule has 1 unspecified atom stereocenters. The number of anilines is 1. The number of methoxy groups -OCH3 is 1. The molecular formula is C21H27N6O5P. The van der Waals surface area contributed by atoms with E-state index < -0.39 is 19.5 Å². The Kier molecular flexibility index (Phi) is 7.34. The van der Waals surface area contributed by atoms with Crippen LogP contribution in [-0.4, -0.2) is 69.4 Å². The second-order valence-corrected chi connectivity index (χ2v) is 9.93. The molecule has 1 aliphatic rings. The number of aromatic nitrogens is 4. The normalized spacial score (nSPS) is 20.0. The first-order chi connectivity index (χ1) is 16.0. The third-order valence-corrected chi connectivity index (χ3v) is 7.84. The van der Waals surface area contributed by atoms with Crippen LogP contribution in [0.3, 0.4) is 0 Å². The van der Waals surface area contributed by atoms with E-state index in [2.05, 4.69) is 15.0 Å². The number of fused-ring (bicyclic) bond motifs is 1. The minimum Gasteiger partial charge on any atom is -0.468 e. The number of rotatable bonds is 9. The lowest BCUT2D eigenvalue weighted by Crippen LogP contribution is -2.45. The number of nitrogens with two attached hydrogens (primary N) is 1. The van der Waals surface area contributed by atoms with Crippen molar-refractivity contribution in [3.63, 3.8) is 0 Å². The number of nitrogens with zero attached hydrogens (tertiary/aromatic N) is 5. The molecule has 33 heavy (non-hydrogen) atoms. The van der Waals surface area contributed by atoms with Crippen LogP contribution in [0.25, 0.3) is 11.2 Å². The summed E-state index contributed by atoms with van der Waals surface area (Å²) in [6.07, 6.45) is 3.87. The van der Waals surface area contributed by atoms with Crippen LogP contribution in [0.15, 0.2) is 43.0 Å². The quantitative estimate of drug-likeness (QED) is 0.279. The maximum atomic E-state index is 13.7. The summed E-state index contributed by atoms with van der Waals surface area (Å²) in [7, 11) is -2.07. The zero-order chi connectivity index (χ0) is 23.3. The first-order valence-corrected chi connectivity index (χ1v) is 12.4. The summed E-state index contributed by atoms with van der Waals surface area (Å²) >= 11 is 0. The van der Waals surface area contributed by atoms with E-state index in [4.69, 9.17) is 19.7 Å². The molecule has 176 valence electrons. The number of carbonyl (C=O) groups excluding carboxylic acids is 1. The molecule has 2 atom stereocenters. The van der Waals surface area contributed by atoms with Crippen LogP contribution < -0.4 is 5.73 Å². The second kappa shape index (κ2) is 10.4. The number of ether oxygens (including phenoxy) is 2. The molecule has 0 saturated carbocycles. The van der Waals surface area contributed by atoms with Crippen molar-refractivity contribution >= 4 is 30.5 Å². The maximum Gasteiger partial charge on any atom is 0.323 e. The van der Waals surface area contributed by atoms with Gasteiger partial charge in [-0.25, -0.2) is 19.6 Å². The SMILES string of the molecule is COC(=O)[C@H](Cc1ccccc1)N1CCCOP1(=O)COCCn1cnc2c(N)ncnc21. The third kappa shape index (κ3) is 5.22. The Morgan fingerprint density at radius 1 is 1.27 bits per heavy atom. The number of esters is 1. The van der Waals surface area contributed by atoms with Crippen LogP contribution in [0.4, 0.5) is 5.82 Å². The highest BCUT2D eigenvalue weighted by atomic mass is 31.2. The monoisotopic (exact) mass is 474 g/mol. The van der Waals surface area contributed by atoms with Crippen LogP contribution in [0.5, 0.6) is 0 Å². The fraction of sp³-hybridized carbons (Fsp3) is 0.429. The summed E-state index contributed by atoms with van der Waals surface area (Å²) in [5.41, 5.74) is 7.88. The molecule has 0 radical (unpaired) electrons. The Hall–Kier alpha value is -2.85. The average molecular weight is 474 g/mol. The average Bonchev–Trinajstić information content (AvgIpc) is 3.25. The van der Waals surface area contributed by atoms with E-state index in [-0.39, 0.29) is 13.0 Å². The standard InChI is InChI=1S/C21H27N6O5P/c1-30-21(28)17(12-16-6-3-2-4-7-16)27-8-5-10-32-33(27,29)15-31-11-9-26-14-25-18-19(22)23-13-24-20(18)26/h2-4,6-7,13-14,17H,5,8-12,15H2,1H3,(H2,22,23,24)/t17-,33?/m0/s1. The van der Waals surface area contributed by atoms with E-state index in [0.717, 1.165) is 5.56 Å². The van der Waals surface area contributed by atoms with Crippen molar-refractivity contribution in [3.05, 3.63) is 48.5 Å². The molecule has 0 amide bonds. The predicted molar refractivity (Wildman–Crippen MR) is 121 cm³/mol. The summed E-state index contributed by atoms with van der Waals surface area (Å²) in [4.78, 5) is 25.0. The van der Waals surface area contributed by atoms with Gasteiger partial charge in [-0.1, -0.05) is 30.3 Å². The fourth-order valence-corrected chi connectivity index (χ4v) is 6.02. The molecule has 0 bridgehead atoms. The van der Waals surface area contributed by atoms with Gasteiger partial charge in [-0.2, -0.15) is 0 Å². The lowest BCUT2D eigenvalue weighted by Gasteiger charge is -2.38. The van der Waals surface area contributed by atoms with Crippen molar-refractivity contribution in [2.75, 3.05) is 38.9 Å². The van der Waals surface area contributed by atoms with Crippen LogP contribution in [0, 0.1) is 0 Å². The van der Waals surface area contributed by atoms with Gasteiger partial charge in [0.1, 0.15) is 24.2 Å². The van der Waals surface area contributed by atoms with E-state index in [1.807, 2.05) is 30.3 Å². The fourth-order valence-electron chi connectivity index (χ4n) is 3.83. The molecule has 1 aromatic carbocycles. The van der Waals surface area contributed by atoms with Gasteiger partial charge in [0.05, 0.1) is 26.7 Å². The first-order valence-electron chi connectivity index (χ1n) is 10.6. The maximum absolute atomic E-state index is 13.7. The Balaban J connectivity index is 1.43. The van der Waals surface area contributed by atoms with Crippen LogP contribution in [-0.2, 0) is 36.3 Å². The number of nitrogen functional groups attached to an aromatic ring is 1. The summed E-state index contributed by atoms with van der Waals surface area (Å²) in [6.45, 7) is 1.48. The summed E-state index contributed by atoms with van der Waals surface area (Å²) in [6, 6.07) is 8.82. The van der Waals surface area contributed by atoms with E-state index in [1.54, 1.807) is 15.6 Å². The minimum atomic E-state index is -3.41. The zero-order valence-electron chi connectivity index (χ0n) is 18.4. The van der Waals surface area contributed by atoms with Gasteiger partial charge in [-0.05, 0) is 18.4 Å². The van der Waals surface area contributed by atoms with Gasteiger partial charge in [0, 0.05) is 13.1 Å². The van der Waals surface area contributed by atoms with Crippen molar-refractivity contribution in [2.45, 2.75) is 25.4 Å². The number of hydrogen-bond donors (Lipinski definition) is 1. The number of carbonyl (C=O) groups is 1. The van der Waals surface area contributed by atoms with Crippen LogP contribution in [0.2, 0.25) is 0 Å². The smallest absolute Gasteiger partial charge is 0.323 e. The lowest BCUT2D eigenvalue weighted by atomic mass is 10.1. The molecule has 3 aromatic rings. The molecule has 12 heteroatoms. The van der Waals surface area contributed by atoms with Crippen LogP contribution >= 0.6 is 7.52 Å². The van der Waals surface area contributed by atoms with Gasteiger partial charge >= 0.3 is 5.97 Å². The highest BCUT2D eigenvalue weighted by Crippen LogP contribution is 2.54. The molecule has 1 fully saturated rings. The van der Waals surface area contributed by atoms with Gasteiger partial charge in [-0.15, -0.1) is 0 Å². The van der Waals surface area contributed by atoms with E-state index in [9.17, 15) is 9.36 Å². The molecule has 1 aliphatic heterocycles. The summed E-state index contributed by atoms with van der Waals surface area (Å²) in [5.74, 6) is -0.144. The summed E-state index contributed by atoms with van der Waals surface area (Å²) < 4.78 is 33.7. The molecule has 3 heterocycles.